The zero-order chi connectivity index (χ0) is 20.2. The summed E-state index contributed by atoms with van der Waals surface area (Å²) >= 11 is 1.67. The maximum atomic E-state index is 12.3. The number of thiophene rings is 1. The van der Waals surface area contributed by atoms with Crippen LogP contribution in [0.3, 0.4) is 0 Å². The number of fused-ring (bicyclic) bond motifs is 1. The molecule has 8 heteroatoms. The Morgan fingerprint density at radius 3 is 2.66 bits per heavy atom. The number of hydrogen-bond donors (Lipinski definition) is 2. The molecule has 1 aromatic carbocycles. The molecule has 0 bridgehead atoms. The highest BCUT2D eigenvalue weighted by molar-refractivity contribution is 7.19. The van der Waals surface area contributed by atoms with Gasteiger partial charge in [0.15, 0.2) is 0 Å². The number of piperazine rings is 1. The van der Waals surface area contributed by atoms with E-state index < -0.39 is 0 Å². The van der Waals surface area contributed by atoms with Gasteiger partial charge in [-0.2, -0.15) is 0 Å². The van der Waals surface area contributed by atoms with E-state index in [1.807, 2.05) is 23.2 Å². The predicted molar refractivity (Wildman–Crippen MR) is 118 cm³/mol. The van der Waals surface area contributed by atoms with Crippen LogP contribution in [0.5, 0.6) is 0 Å². The molecule has 0 radical (unpaired) electrons. The molecule has 152 valence electrons. The zero-order valence-electron chi connectivity index (χ0n) is 16.8. The summed E-state index contributed by atoms with van der Waals surface area (Å²) in [6.07, 6.45) is 1.97. The van der Waals surface area contributed by atoms with Crippen molar-refractivity contribution in [1.82, 2.24) is 25.3 Å². The van der Waals surface area contributed by atoms with Gasteiger partial charge in [-0.25, -0.2) is 15.0 Å². The summed E-state index contributed by atoms with van der Waals surface area (Å²) < 4.78 is 0. The summed E-state index contributed by atoms with van der Waals surface area (Å²) in [4.78, 5) is 25.7. The molecule has 1 saturated heterocycles. The number of aryl methyl sites for hydroxylation is 1. The van der Waals surface area contributed by atoms with Crippen LogP contribution in [0.25, 0.3) is 21.3 Å². The zero-order valence-corrected chi connectivity index (χ0v) is 17.6. The number of carbonyl (C=O) groups excluding carboxylic acids is 1. The molecule has 2 N–H and O–H groups in total. The molecular formula is C21H26N6OS. The molecule has 0 unspecified atom stereocenters. The maximum absolute atomic E-state index is 12.3. The first kappa shape index (κ1) is 19.8. The smallest absolute Gasteiger partial charge is 0.236 e. The fraction of sp³-hybridized carbons (Fsp3) is 0.381. The van der Waals surface area contributed by atoms with Crippen LogP contribution >= 0.6 is 11.3 Å². The number of hydrazine groups is 1. The molecule has 4 rings (SSSR count). The first-order valence-electron chi connectivity index (χ1n) is 9.88. The van der Waals surface area contributed by atoms with Crippen LogP contribution in [-0.2, 0) is 4.79 Å². The molecule has 0 aliphatic carbocycles. The van der Waals surface area contributed by atoms with E-state index in [4.69, 9.17) is 0 Å². The molecule has 0 atom stereocenters. The van der Waals surface area contributed by atoms with E-state index in [1.54, 1.807) is 17.7 Å². The molecule has 0 saturated carbocycles. The minimum atomic E-state index is 0.0251. The SMILES string of the molecule is Cc1sc2ncnc(NCCC(=O)NN3CCN(C)CC3)c2c1-c1ccccc1. The van der Waals surface area contributed by atoms with E-state index in [2.05, 4.69) is 51.7 Å². The van der Waals surface area contributed by atoms with Gasteiger partial charge in [0.25, 0.3) is 0 Å². The van der Waals surface area contributed by atoms with Gasteiger partial charge in [-0.05, 0) is 19.5 Å². The fourth-order valence-electron chi connectivity index (χ4n) is 3.58. The van der Waals surface area contributed by atoms with Crippen molar-refractivity contribution in [2.45, 2.75) is 13.3 Å². The second kappa shape index (κ2) is 8.86. The molecule has 3 heterocycles. The number of nitrogens with zero attached hydrogens (tertiary/aromatic N) is 4. The number of benzene rings is 1. The van der Waals surface area contributed by atoms with Crippen molar-refractivity contribution in [3.63, 3.8) is 0 Å². The van der Waals surface area contributed by atoms with Gasteiger partial charge >= 0.3 is 0 Å². The van der Waals surface area contributed by atoms with Crippen LogP contribution in [0, 0.1) is 6.92 Å². The van der Waals surface area contributed by atoms with E-state index in [-0.39, 0.29) is 5.91 Å². The van der Waals surface area contributed by atoms with Crippen LogP contribution in [0.2, 0.25) is 0 Å². The van der Waals surface area contributed by atoms with Crippen LogP contribution in [0.15, 0.2) is 36.7 Å². The lowest BCUT2D eigenvalue weighted by atomic mass is 10.0. The van der Waals surface area contributed by atoms with Gasteiger partial charge in [-0.1, -0.05) is 30.3 Å². The standard InChI is InChI=1S/C21H26N6OS/c1-15-18(16-6-4-3-5-7-16)19-20(23-14-24-21(19)29-15)22-9-8-17(28)25-27-12-10-26(2)11-13-27/h3-7,14H,8-13H2,1-2H3,(H,25,28)(H,22,23,24). The molecule has 1 aliphatic rings. The summed E-state index contributed by atoms with van der Waals surface area (Å²) in [6, 6.07) is 10.3. The topological polar surface area (TPSA) is 73.4 Å². The Balaban J connectivity index is 1.44. The van der Waals surface area contributed by atoms with Gasteiger partial charge < -0.3 is 10.2 Å². The van der Waals surface area contributed by atoms with Crippen molar-refractivity contribution in [1.29, 1.82) is 0 Å². The summed E-state index contributed by atoms with van der Waals surface area (Å²) in [5.74, 6) is 0.808. The minimum Gasteiger partial charge on any atom is -0.369 e. The second-order valence-electron chi connectivity index (χ2n) is 7.30. The molecule has 0 spiro atoms. The van der Waals surface area contributed by atoms with Crippen LogP contribution in [0.4, 0.5) is 5.82 Å². The van der Waals surface area contributed by atoms with E-state index in [0.717, 1.165) is 53.3 Å². The Kier molecular flexibility index (Phi) is 6.03. The van der Waals surface area contributed by atoms with Gasteiger partial charge in [0.05, 0.1) is 5.39 Å². The quantitative estimate of drug-likeness (QED) is 0.651. The van der Waals surface area contributed by atoms with E-state index >= 15 is 0 Å². The Morgan fingerprint density at radius 2 is 1.90 bits per heavy atom. The summed E-state index contributed by atoms with van der Waals surface area (Å²) in [5, 5.41) is 6.38. The second-order valence-corrected chi connectivity index (χ2v) is 8.51. The molecule has 1 amide bonds. The number of likely N-dealkylation sites (N-methyl/N-ethyl adjacent to an activating group) is 1. The van der Waals surface area contributed by atoms with Crippen LogP contribution in [0.1, 0.15) is 11.3 Å². The van der Waals surface area contributed by atoms with E-state index in [9.17, 15) is 4.79 Å². The third-order valence-corrected chi connectivity index (χ3v) is 6.17. The van der Waals surface area contributed by atoms with Crippen molar-refractivity contribution in [3.05, 3.63) is 41.5 Å². The summed E-state index contributed by atoms with van der Waals surface area (Å²) in [7, 11) is 2.10. The third-order valence-electron chi connectivity index (χ3n) is 5.16. The number of nitrogens with one attached hydrogen (secondary N) is 2. The van der Waals surface area contributed by atoms with Gasteiger partial charge in [0.1, 0.15) is 17.0 Å². The van der Waals surface area contributed by atoms with Crippen LogP contribution < -0.4 is 10.7 Å². The van der Waals surface area contributed by atoms with Gasteiger partial charge in [0.2, 0.25) is 5.91 Å². The number of aromatic nitrogens is 2. The lowest BCUT2D eigenvalue weighted by Crippen LogP contribution is -2.52. The first-order chi connectivity index (χ1) is 14.1. The number of amides is 1. The monoisotopic (exact) mass is 410 g/mol. The van der Waals surface area contributed by atoms with Gasteiger partial charge in [0, 0.05) is 49.6 Å². The Bertz CT molecular complexity index is 982. The molecule has 29 heavy (non-hydrogen) atoms. The van der Waals surface area contributed by atoms with Crippen LogP contribution in [-0.4, -0.2) is 65.6 Å². The highest BCUT2D eigenvalue weighted by Gasteiger charge is 2.18. The van der Waals surface area contributed by atoms with E-state index in [1.165, 1.54) is 4.88 Å². The highest BCUT2D eigenvalue weighted by atomic mass is 32.1. The molecule has 1 aliphatic heterocycles. The average molecular weight is 411 g/mol. The Morgan fingerprint density at radius 1 is 1.14 bits per heavy atom. The lowest BCUT2D eigenvalue weighted by Gasteiger charge is -2.32. The van der Waals surface area contributed by atoms with Gasteiger partial charge in [-0.3, -0.25) is 10.2 Å². The molecular weight excluding hydrogens is 384 g/mol. The Labute approximate surface area is 174 Å². The Hall–Kier alpha value is -2.55. The number of rotatable bonds is 6. The highest BCUT2D eigenvalue weighted by Crippen LogP contribution is 2.40. The number of anilines is 1. The maximum Gasteiger partial charge on any atom is 0.236 e. The number of carbonyl (C=O) groups is 1. The van der Waals surface area contributed by atoms with Crippen molar-refractivity contribution in [2.75, 3.05) is 45.1 Å². The largest absolute Gasteiger partial charge is 0.369 e. The fourth-order valence-corrected chi connectivity index (χ4v) is 4.59. The minimum absolute atomic E-state index is 0.0251. The molecule has 3 aromatic rings. The average Bonchev–Trinajstić information content (AvgIpc) is 3.07. The predicted octanol–water partition coefficient (Wildman–Crippen LogP) is 2.75. The van der Waals surface area contributed by atoms with Crippen molar-refractivity contribution in [3.8, 4) is 11.1 Å². The molecule has 7 nitrogen and oxygen atoms in total. The van der Waals surface area contributed by atoms with Crippen molar-refractivity contribution in [2.24, 2.45) is 0 Å². The normalized spacial score (nSPS) is 15.5. The van der Waals surface area contributed by atoms with Gasteiger partial charge in [-0.15, -0.1) is 11.3 Å². The van der Waals surface area contributed by atoms with E-state index in [0.29, 0.717) is 13.0 Å². The van der Waals surface area contributed by atoms with Crippen molar-refractivity contribution < 1.29 is 4.79 Å². The van der Waals surface area contributed by atoms with Crippen molar-refractivity contribution >= 4 is 33.3 Å². The summed E-state index contributed by atoms with van der Waals surface area (Å²) in [6.45, 7) is 6.29. The first-order valence-corrected chi connectivity index (χ1v) is 10.7. The molecule has 2 aromatic heterocycles. The number of hydrogen-bond acceptors (Lipinski definition) is 7. The summed E-state index contributed by atoms with van der Waals surface area (Å²) in [5.41, 5.74) is 5.32. The third kappa shape index (κ3) is 4.55. The lowest BCUT2D eigenvalue weighted by molar-refractivity contribution is -0.126. The molecule has 1 fully saturated rings.